The van der Waals surface area contributed by atoms with Crippen LogP contribution in [-0.2, 0) is 4.79 Å². The van der Waals surface area contributed by atoms with Gasteiger partial charge in [-0.15, -0.1) is 0 Å². The van der Waals surface area contributed by atoms with Crippen molar-refractivity contribution >= 4 is 34.8 Å². The van der Waals surface area contributed by atoms with Crippen LogP contribution in [-0.4, -0.2) is 26.0 Å². The number of carboxylic acid groups (broad SMARTS) is 1. The number of aliphatic carboxylic acids is 1. The summed E-state index contributed by atoms with van der Waals surface area (Å²) in [5.41, 5.74) is 1.48. The van der Waals surface area contributed by atoms with Gasteiger partial charge in [0.2, 0.25) is 0 Å². The molecule has 0 bridgehead atoms. The molecule has 0 fully saturated rings. The Morgan fingerprint density at radius 1 is 1.26 bits per heavy atom. The zero-order chi connectivity index (χ0) is 16.4. The standard InChI is InChI=1S/C14H12N4O4S/c19-13(20)7-14(16-10-3-1-2-4-11(10)17-14)23-12-6-5-9(8-15-12)18(21)22/h1-6,8,16-17H,7H2,(H,19,20). The molecular weight excluding hydrogens is 320 g/mol. The van der Waals surface area contributed by atoms with Crippen molar-refractivity contribution < 1.29 is 14.8 Å². The number of carboxylic acids is 1. The van der Waals surface area contributed by atoms with Crippen LogP contribution in [0.25, 0.3) is 0 Å². The number of pyridine rings is 1. The van der Waals surface area contributed by atoms with E-state index in [4.69, 9.17) is 0 Å². The Kier molecular flexibility index (Phi) is 3.78. The fraction of sp³-hybridized carbons (Fsp3) is 0.143. The molecule has 3 N–H and O–H groups in total. The molecule has 1 aliphatic heterocycles. The van der Waals surface area contributed by atoms with Gasteiger partial charge in [0, 0.05) is 6.07 Å². The minimum absolute atomic E-state index is 0.114. The molecule has 3 rings (SSSR count). The lowest BCUT2D eigenvalue weighted by Gasteiger charge is -2.28. The Morgan fingerprint density at radius 2 is 1.91 bits per heavy atom. The summed E-state index contributed by atoms with van der Waals surface area (Å²) in [6.45, 7) is 0. The monoisotopic (exact) mass is 332 g/mol. The fourth-order valence-electron chi connectivity index (χ4n) is 2.28. The van der Waals surface area contributed by atoms with Crippen molar-refractivity contribution in [2.45, 2.75) is 16.4 Å². The Balaban J connectivity index is 1.86. The molecule has 0 amide bonds. The van der Waals surface area contributed by atoms with Crippen LogP contribution in [0.3, 0.4) is 0 Å². The molecule has 2 heterocycles. The number of hydrogen-bond acceptors (Lipinski definition) is 7. The number of para-hydroxylation sites is 2. The minimum atomic E-state index is -1.00. The van der Waals surface area contributed by atoms with E-state index < -0.39 is 15.9 Å². The molecule has 0 saturated carbocycles. The molecule has 118 valence electrons. The third kappa shape index (κ3) is 3.19. The molecule has 0 saturated heterocycles. The lowest BCUT2D eigenvalue weighted by atomic mass is 10.3. The predicted octanol–water partition coefficient (Wildman–Crippen LogP) is 2.75. The maximum absolute atomic E-state index is 11.2. The second-order valence-electron chi connectivity index (χ2n) is 4.91. The molecule has 0 unspecified atom stereocenters. The number of nitro groups is 1. The Hall–Kier alpha value is -2.81. The largest absolute Gasteiger partial charge is 0.481 e. The summed E-state index contributed by atoms with van der Waals surface area (Å²) in [7, 11) is 0. The zero-order valence-electron chi connectivity index (χ0n) is 11.7. The quantitative estimate of drug-likeness (QED) is 0.565. The number of rotatable bonds is 5. The molecule has 23 heavy (non-hydrogen) atoms. The highest BCUT2D eigenvalue weighted by Crippen LogP contribution is 2.44. The van der Waals surface area contributed by atoms with Gasteiger partial charge in [0.15, 0.2) is 4.99 Å². The SMILES string of the molecule is O=C(O)CC1(Sc2ccc([N+](=O)[O-])cn2)Nc2ccccc2N1. The van der Waals surface area contributed by atoms with Gasteiger partial charge in [-0.25, -0.2) is 4.98 Å². The zero-order valence-corrected chi connectivity index (χ0v) is 12.5. The van der Waals surface area contributed by atoms with E-state index in [1.165, 1.54) is 23.9 Å². The van der Waals surface area contributed by atoms with Crippen molar-refractivity contribution in [3.8, 4) is 0 Å². The molecule has 1 aliphatic rings. The van der Waals surface area contributed by atoms with Gasteiger partial charge in [0.25, 0.3) is 5.69 Å². The molecule has 0 atom stereocenters. The number of benzene rings is 1. The first-order chi connectivity index (χ1) is 11.0. The van der Waals surface area contributed by atoms with E-state index in [0.717, 1.165) is 17.6 Å². The maximum atomic E-state index is 11.2. The van der Waals surface area contributed by atoms with Gasteiger partial charge in [-0.2, -0.15) is 0 Å². The van der Waals surface area contributed by atoms with Gasteiger partial charge in [0.05, 0.1) is 22.7 Å². The van der Waals surface area contributed by atoms with Crippen molar-refractivity contribution in [3.63, 3.8) is 0 Å². The van der Waals surface area contributed by atoms with E-state index in [1.54, 1.807) is 0 Å². The molecule has 1 aromatic carbocycles. The smallest absolute Gasteiger partial charge is 0.308 e. The van der Waals surface area contributed by atoms with Crippen molar-refractivity contribution in [3.05, 3.63) is 52.7 Å². The number of anilines is 2. The van der Waals surface area contributed by atoms with E-state index in [0.29, 0.717) is 5.03 Å². The predicted molar refractivity (Wildman–Crippen MR) is 85.4 cm³/mol. The van der Waals surface area contributed by atoms with Gasteiger partial charge in [-0.3, -0.25) is 14.9 Å². The summed E-state index contributed by atoms with van der Waals surface area (Å²) >= 11 is 1.17. The van der Waals surface area contributed by atoms with Gasteiger partial charge < -0.3 is 15.7 Å². The van der Waals surface area contributed by atoms with E-state index in [-0.39, 0.29) is 12.1 Å². The van der Waals surface area contributed by atoms with Gasteiger partial charge in [-0.1, -0.05) is 23.9 Å². The molecule has 2 aromatic rings. The molecule has 8 nitrogen and oxygen atoms in total. The lowest BCUT2D eigenvalue weighted by Crippen LogP contribution is -2.40. The summed E-state index contributed by atoms with van der Waals surface area (Å²) in [6, 6.07) is 10.2. The second kappa shape index (κ2) is 5.76. The Bertz CT molecular complexity index is 741. The van der Waals surface area contributed by atoms with Crippen LogP contribution in [0, 0.1) is 10.1 Å². The number of nitrogens with one attached hydrogen (secondary N) is 2. The summed E-state index contributed by atoms with van der Waals surface area (Å²) in [5, 5.41) is 26.7. The summed E-state index contributed by atoms with van der Waals surface area (Å²) in [6.07, 6.45) is 0.948. The number of aromatic nitrogens is 1. The molecule has 0 spiro atoms. The Morgan fingerprint density at radius 3 is 2.39 bits per heavy atom. The van der Waals surface area contributed by atoms with E-state index in [2.05, 4.69) is 15.6 Å². The van der Waals surface area contributed by atoms with Crippen LogP contribution < -0.4 is 10.6 Å². The number of thioether (sulfide) groups is 1. The third-order valence-electron chi connectivity index (χ3n) is 3.21. The molecule has 0 radical (unpaired) electrons. The first-order valence-electron chi connectivity index (χ1n) is 6.64. The van der Waals surface area contributed by atoms with E-state index in [1.807, 2.05) is 24.3 Å². The molecule has 9 heteroatoms. The first-order valence-corrected chi connectivity index (χ1v) is 7.46. The number of fused-ring (bicyclic) bond motifs is 1. The van der Waals surface area contributed by atoms with E-state index >= 15 is 0 Å². The van der Waals surface area contributed by atoms with Crippen LogP contribution in [0.5, 0.6) is 0 Å². The third-order valence-corrected chi connectivity index (χ3v) is 4.36. The van der Waals surface area contributed by atoms with Crippen LogP contribution in [0.1, 0.15) is 6.42 Å². The first kappa shape index (κ1) is 15.1. The Labute approximate surface area is 135 Å². The van der Waals surface area contributed by atoms with Crippen molar-refractivity contribution in [1.82, 2.24) is 4.98 Å². The van der Waals surface area contributed by atoms with Crippen molar-refractivity contribution in [2.75, 3.05) is 10.6 Å². The second-order valence-corrected chi connectivity index (χ2v) is 6.23. The van der Waals surface area contributed by atoms with Gasteiger partial charge in [-0.05, 0) is 18.2 Å². The van der Waals surface area contributed by atoms with Gasteiger partial charge in [0.1, 0.15) is 11.2 Å². The normalized spacial score (nSPS) is 14.4. The molecule has 1 aromatic heterocycles. The summed E-state index contributed by atoms with van der Waals surface area (Å²) in [4.78, 5) is 24.4. The number of nitrogens with zero attached hydrogens (tertiary/aromatic N) is 2. The average molecular weight is 332 g/mol. The summed E-state index contributed by atoms with van der Waals surface area (Å²) in [5.74, 6) is -0.979. The topological polar surface area (TPSA) is 117 Å². The lowest BCUT2D eigenvalue weighted by molar-refractivity contribution is -0.385. The van der Waals surface area contributed by atoms with Crippen LogP contribution in [0.2, 0.25) is 0 Å². The maximum Gasteiger partial charge on any atom is 0.308 e. The van der Waals surface area contributed by atoms with Crippen LogP contribution in [0.4, 0.5) is 17.1 Å². The van der Waals surface area contributed by atoms with Gasteiger partial charge >= 0.3 is 5.97 Å². The number of hydrogen-bond donors (Lipinski definition) is 3. The van der Waals surface area contributed by atoms with E-state index in [9.17, 15) is 20.0 Å². The minimum Gasteiger partial charge on any atom is -0.481 e. The summed E-state index contributed by atoms with van der Waals surface area (Å²) < 4.78 is 0. The fourth-order valence-corrected chi connectivity index (χ4v) is 3.39. The highest BCUT2D eigenvalue weighted by Gasteiger charge is 2.40. The highest BCUT2D eigenvalue weighted by atomic mass is 32.2. The highest BCUT2D eigenvalue weighted by molar-refractivity contribution is 8.00. The van der Waals surface area contributed by atoms with Crippen LogP contribution >= 0.6 is 11.8 Å². The van der Waals surface area contributed by atoms with Crippen molar-refractivity contribution in [1.29, 1.82) is 0 Å². The number of carbonyl (C=O) groups is 1. The van der Waals surface area contributed by atoms with Crippen molar-refractivity contribution in [2.24, 2.45) is 0 Å². The average Bonchev–Trinajstić information content (AvgIpc) is 2.84. The van der Waals surface area contributed by atoms with Crippen LogP contribution in [0.15, 0.2) is 47.6 Å². The molecular formula is C14H12N4O4S. The molecule has 0 aliphatic carbocycles.